The highest BCUT2D eigenvalue weighted by Gasteiger charge is 2.21. The minimum absolute atomic E-state index is 0.0879. The number of nitrogens with one attached hydrogen (secondary N) is 1. The first kappa shape index (κ1) is 20.9. The van der Waals surface area contributed by atoms with Gasteiger partial charge in [0, 0.05) is 5.69 Å². The van der Waals surface area contributed by atoms with E-state index >= 15 is 0 Å². The number of hydrogen-bond donors (Lipinski definition) is 1. The number of aromatic nitrogens is 4. The summed E-state index contributed by atoms with van der Waals surface area (Å²) >= 11 is 1.31. The lowest BCUT2D eigenvalue weighted by atomic mass is 9.97. The third kappa shape index (κ3) is 4.95. The predicted octanol–water partition coefficient (Wildman–Crippen LogP) is 4.30. The molecule has 0 unspecified atom stereocenters. The van der Waals surface area contributed by atoms with Gasteiger partial charge < -0.3 is 10.1 Å². The predicted molar refractivity (Wildman–Crippen MR) is 115 cm³/mol. The van der Waals surface area contributed by atoms with Gasteiger partial charge in [0.05, 0.1) is 18.0 Å². The molecule has 0 radical (unpaired) electrons. The summed E-state index contributed by atoms with van der Waals surface area (Å²) in [4.78, 5) is 12.8. The van der Waals surface area contributed by atoms with Crippen molar-refractivity contribution in [1.29, 1.82) is 0 Å². The van der Waals surface area contributed by atoms with Crippen LogP contribution in [0.3, 0.4) is 0 Å². The molecule has 2 aromatic carbocycles. The lowest BCUT2D eigenvalue weighted by molar-refractivity contribution is -0.115. The second kappa shape index (κ2) is 9.56. The summed E-state index contributed by atoms with van der Waals surface area (Å²) in [5.41, 5.74) is 2.80. The Balaban J connectivity index is 1.72. The molecule has 7 nitrogen and oxygen atoms in total. The van der Waals surface area contributed by atoms with Crippen LogP contribution in [0.15, 0.2) is 53.7 Å². The second-order valence-electron chi connectivity index (χ2n) is 6.72. The van der Waals surface area contributed by atoms with Crippen LogP contribution in [0.1, 0.15) is 38.7 Å². The van der Waals surface area contributed by atoms with Crippen LogP contribution >= 0.6 is 11.8 Å². The molecule has 1 N–H and O–H groups in total. The lowest BCUT2D eigenvalue weighted by Crippen LogP contribution is -2.23. The maximum atomic E-state index is 12.8. The largest absolute Gasteiger partial charge is 0.497 e. The molecule has 0 bridgehead atoms. The van der Waals surface area contributed by atoms with Crippen LogP contribution in [0.5, 0.6) is 5.75 Å². The van der Waals surface area contributed by atoms with Gasteiger partial charge in [0.2, 0.25) is 11.1 Å². The van der Waals surface area contributed by atoms with E-state index < -0.39 is 0 Å². The van der Waals surface area contributed by atoms with Crippen LogP contribution in [0, 0.1) is 0 Å². The normalized spacial score (nSPS) is 13.0. The SMILES string of the molecule is CC[C@H](C)c1ccccc1NC(=O)[C@@H](C)Sc1nnnn1-c1ccc(OC)cc1. The van der Waals surface area contributed by atoms with Crippen molar-refractivity contribution in [2.45, 2.75) is 43.5 Å². The van der Waals surface area contributed by atoms with E-state index in [9.17, 15) is 4.79 Å². The second-order valence-corrected chi connectivity index (χ2v) is 8.03. The Morgan fingerprint density at radius 3 is 2.59 bits per heavy atom. The van der Waals surface area contributed by atoms with E-state index in [1.54, 1.807) is 11.8 Å². The van der Waals surface area contributed by atoms with Crippen LogP contribution in [0.4, 0.5) is 5.69 Å². The minimum atomic E-state index is -0.372. The van der Waals surface area contributed by atoms with Crippen LogP contribution in [0.25, 0.3) is 5.69 Å². The first-order valence-corrected chi connectivity index (χ1v) is 10.4. The summed E-state index contributed by atoms with van der Waals surface area (Å²) in [6, 6.07) is 15.4. The maximum Gasteiger partial charge on any atom is 0.237 e. The van der Waals surface area contributed by atoms with E-state index in [4.69, 9.17) is 4.74 Å². The van der Waals surface area contributed by atoms with Crippen molar-refractivity contribution in [3.63, 3.8) is 0 Å². The molecule has 1 aromatic heterocycles. The molecule has 0 aliphatic heterocycles. The summed E-state index contributed by atoms with van der Waals surface area (Å²) in [6.07, 6.45) is 1.01. The average Bonchev–Trinajstić information content (AvgIpc) is 3.21. The molecular weight excluding hydrogens is 386 g/mol. The van der Waals surface area contributed by atoms with Crippen LogP contribution in [0.2, 0.25) is 0 Å². The van der Waals surface area contributed by atoms with E-state index in [0.29, 0.717) is 11.1 Å². The number of tetrazole rings is 1. The number of nitrogens with zero attached hydrogens (tertiary/aromatic N) is 4. The molecule has 1 amide bonds. The molecule has 1 heterocycles. The topological polar surface area (TPSA) is 81.9 Å². The fraction of sp³-hybridized carbons (Fsp3) is 0.333. The fourth-order valence-corrected chi connectivity index (χ4v) is 3.65. The maximum absolute atomic E-state index is 12.8. The Labute approximate surface area is 174 Å². The Kier molecular flexibility index (Phi) is 6.87. The Morgan fingerprint density at radius 2 is 1.90 bits per heavy atom. The molecule has 3 aromatic rings. The van der Waals surface area contributed by atoms with Gasteiger partial charge in [-0.05, 0) is 65.6 Å². The summed E-state index contributed by atoms with van der Waals surface area (Å²) in [5.74, 6) is 1.04. The molecule has 0 spiro atoms. The van der Waals surface area contributed by atoms with Gasteiger partial charge in [0.25, 0.3) is 0 Å². The van der Waals surface area contributed by atoms with Gasteiger partial charge in [-0.2, -0.15) is 4.68 Å². The number of hydrogen-bond acceptors (Lipinski definition) is 6. The van der Waals surface area contributed by atoms with Crippen molar-refractivity contribution >= 4 is 23.4 Å². The van der Waals surface area contributed by atoms with Crippen LogP contribution in [-0.2, 0) is 4.79 Å². The van der Waals surface area contributed by atoms with Gasteiger partial charge in [-0.3, -0.25) is 4.79 Å². The number of thioether (sulfide) groups is 1. The fourth-order valence-electron chi connectivity index (χ4n) is 2.84. The lowest BCUT2D eigenvalue weighted by Gasteiger charge is -2.17. The number of carbonyl (C=O) groups excluding carboxylic acids is 1. The molecule has 3 rings (SSSR count). The average molecular weight is 412 g/mol. The first-order chi connectivity index (χ1) is 14.0. The third-order valence-corrected chi connectivity index (χ3v) is 5.80. The molecule has 8 heteroatoms. The monoisotopic (exact) mass is 411 g/mol. The van der Waals surface area contributed by atoms with Gasteiger partial charge in [-0.1, -0.05) is 43.8 Å². The molecule has 29 heavy (non-hydrogen) atoms. The highest BCUT2D eigenvalue weighted by atomic mass is 32.2. The van der Waals surface area contributed by atoms with Gasteiger partial charge in [0.15, 0.2) is 0 Å². The number of para-hydroxylation sites is 1. The molecule has 0 aliphatic carbocycles. The quantitative estimate of drug-likeness (QED) is 0.557. The Morgan fingerprint density at radius 1 is 1.17 bits per heavy atom. The Hall–Kier alpha value is -2.87. The van der Waals surface area contributed by atoms with E-state index in [1.807, 2.05) is 49.4 Å². The minimum Gasteiger partial charge on any atom is -0.497 e. The van der Waals surface area contributed by atoms with Crippen molar-refractivity contribution in [3.8, 4) is 11.4 Å². The first-order valence-electron chi connectivity index (χ1n) is 9.52. The molecule has 0 fully saturated rings. The number of methoxy groups -OCH3 is 1. The molecular formula is C21H25N5O2S. The van der Waals surface area contributed by atoms with Crippen molar-refractivity contribution in [2.24, 2.45) is 0 Å². The van der Waals surface area contributed by atoms with Crippen molar-refractivity contribution in [2.75, 3.05) is 12.4 Å². The van der Waals surface area contributed by atoms with Crippen LogP contribution < -0.4 is 10.1 Å². The summed E-state index contributed by atoms with van der Waals surface area (Å²) in [6.45, 7) is 6.14. The van der Waals surface area contributed by atoms with Gasteiger partial charge in [0.1, 0.15) is 5.75 Å². The third-order valence-electron chi connectivity index (χ3n) is 4.77. The zero-order valence-corrected chi connectivity index (χ0v) is 17.8. The number of amides is 1. The van der Waals surface area contributed by atoms with Gasteiger partial charge in [-0.25, -0.2) is 0 Å². The summed E-state index contributed by atoms with van der Waals surface area (Å²) in [5, 5.41) is 15.1. The number of anilines is 1. The number of carbonyl (C=O) groups is 1. The molecule has 0 aliphatic rings. The number of benzene rings is 2. The smallest absolute Gasteiger partial charge is 0.237 e. The summed E-state index contributed by atoms with van der Waals surface area (Å²) in [7, 11) is 1.62. The zero-order chi connectivity index (χ0) is 20.8. The van der Waals surface area contributed by atoms with Crippen molar-refractivity contribution < 1.29 is 9.53 Å². The van der Waals surface area contributed by atoms with Crippen molar-refractivity contribution in [1.82, 2.24) is 20.2 Å². The zero-order valence-electron chi connectivity index (χ0n) is 17.0. The van der Waals surface area contributed by atoms with Crippen LogP contribution in [-0.4, -0.2) is 38.5 Å². The highest BCUT2D eigenvalue weighted by molar-refractivity contribution is 8.00. The molecule has 0 saturated heterocycles. The number of rotatable bonds is 8. The molecule has 0 saturated carbocycles. The standard InChI is InChI=1S/C21H25N5O2S/c1-5-14(2)18-8-6-7-9-19(18)22-20(27)15(3)29-21-23-24-25-26(21)16-10-12-17(28-4)13-11-16/h6-15H,5H2,1-4H3,(H,22,27)/t14-,15+/m0/s1. The van der Waals surface area contributed by atoms with E-state index in [-0.39, 0.29) is 11.2 Å². The summed E-state index contributed by atoms with van der Waals surface area (Å²) < 4.78 is 6.80. The van der Waals surface area contributed by atoms with E-state index in [0.717, 1.165) is 29.1 Å². The van der Waals surface area contributed by atoms with Gasteiger partial charge >= 0.3 is 0 Å². The Bertz CT molecular complexity index is 958. The van der Waals surface area contributed by atoms with E-state index in [1.165, 1.54) is 11.8 Å². The number of ether oxygens (including phenoxy) is 1. The van der Waals surface area contributed by atoms with Gasteiger partial charge in [-0.15, -0.1) is 5.10 Å². The van der Waals surface area contributed by atoms with Crippen molar-refractivity contribution in [3.05, 3.63) is 54.1 Å². The highest BCUT2D eigenvalue weighted by Crippen LogP contribution is 2.28. The van der Waals surface area contributed by atoms with E-state index in [2.05, 4.69) is 40.8 Å². The molecule has 2 atom stereocenters. The molecule has 152 valence electrons.